The van der Waals surface area contributed by atoms with Crippen LogP contribution in [0.25, 0.3) is 0 Å². The fourth-order valence-electron chi connectivity index (χ4n) is 4.86. The number of benzene rings is 2. The van der Waals surface area contributed by atoms with Gasteiger partial charge in [0, 0.05) is 49.1 Å². The van der Waals surface area contributed by atoms with Crippen molar-refractivity contribution in [3.05, 3.63) is 59.3 Å². The summed E-state index contributed by atoms with van der Waals surface area (Å²) in [4.78, 5) is 19.8. The number of aliphatic imine (C=N–C) groups is 1. The predicted molar refractivity (Wildman–Crippen MR) is 145 cm³/mol. The van der Waals surface area contributed by atoms with Gasteiger partial charge >= 0.3 is 0 Å². The summed E-state index contributed by atoms with van der Waals surface area (Å²) in [5.41, 5.74) is 7.28. The van der Waals surface area contributed by atoms with Crippen molar-refractivity contribution in [2.45, 2.75) is 25.4 Å². The molecule has 1 aromatic heterocycles. The van der Waals surface area contributed by atoms with E-state index in [0.717, 1.165) is 32.0 Å². The van der Waals surface area contributed by atoms with Crippen LogP contribution in [0.2, 0.25) is 0 Å². The Hall–Kier alpha value is -4.23. The van der Waals surface area contributed by atoms with E-state index in [0.29, 0.717) is 47.4 Å². The summed E-state index contributed by atoms with van der Waals surface area (Å²) in [6, 6.07) is 8.35. The van der Waals surface area contributed by atoms with Crippen molar-refractivity contribution < 1.29 is 28.2 Å². The van der Waals surface area contributed by atoms with Crippen molar-refractivity contribution in [2.24, 2.45) is 10.7 Å². The number of amidine groups is 1. The number of aliphatic hydroxyl groups excluding tert-OH is 1. The molecule has 0 spiro atoms. The van der Waals surface area contributed by atoms with E-state index in [1.54, 1.807) is 23.1 Å². The highest BCUT2D eigenvalue weighted by Gasteiger charge is 2.27. The summed E-state index contributed by atoms with van der Waals surface area (Å²) in [6.45, 7) is 2.98. The Morgan fingerprint density at radius 2 is 2.00 bits per heavy atom. The molecular weight excluding hydrogens is 524 g/mol. The first-order valence-corrected chi connectivity index (χ1v) is 12.9. The fourth-order valence-corrected chi connectivity index (χ4v) is 4.86. The Kier molecular flexibility index (Phi) is 8.12. The second-order valence-electron chi connectivity index (χ2n) is 9.71. The molecule has 2 aliphatic rings. The SMILES string of the molecule is COc1cc2c(cc1OCCCN1CC[C@H](O)C1)NCN(c1cc(F)cc(F)c1)C2=Nc1cc(CC(N)=O)[nH]n1. The van der Waals surface area contributed by atoms with Crippen LogP contribution in [0.1, 0.15) is 24.1 Å². The summed E-state index contributed by atoms with van der Waals surface area (Å²) in [5.74, 6) is -0.387. The predicted octanol–water partition coefficient (Wildman–Crippen LogP) is 2.53. The van der Waals surface area contributed by atoms with Gasteiger partial charge in [-0.2, -0.15) is 5.10 Å². The molecular formula is C27H31F2N7O4. The zero-order valence-electron chi connectivity index (χ0n) is 22.0. The number of rotatable bonds is 10. The first-order valence-electron chi connectivity index (χ1n) is 12.9. The summed E-state index contributed by atoms with van der Waals surface area (Å²) < 4.78 is 40.0. The minimum Gasteiger partial charge on any atom is -0.493 e. The molecule has 11 nitrogen and oxygen atoms in total. The number of likely N-dealkylation sites (tertiary alicyclic amines) is 1. The van der Waals surface area contributed by atoms with Gasteiger partial charge < -0.3 is 35.4 Å². The van der Waals surface area contributed by atoms with E-state index in [4.69, 9.17) is 15.2 Å². The third-order valence-electron chi connectivity index (χ3n) is 6.71. The van der Waals surface area contributed by atoms with Gasteiger partial charge in [0.15, 0.2) is 17.3 Å². The number of nitrogens with two attached hydrogens (primary N) is 1. The zero-order valence-corrected chi connectivity index (χ0v) is 22.0. The van der Waals surface area contributed by atoms with E-state index >= 15 is 0 Å². The topological polar surface area (TPSA) is 141 Å². The molecule has 0 unspecified atom stereocenters. The minimum atomic E-state index is -0.728. The quantitative estimate of drug-likeness (QED) is 0.280. The Labute approximate surface area is 229 Å². The molecule has 3 aromatic rings. The summed E-state index contributed by atoms with van der Waals surface area (Å²) >= 11 is 0. The van der Waals surface area contributed by atoms with Crippen LogP contribution in [0.5, 0.6) is 11.5 Å². The maximum Gasteiger partial charge on any atom is 0.223 e. The fraction of sp³-hybridized carbons (Fsp3) is 0.370. The number of nitrogens with zero attached hydrogens (tertiary/aromatic N) is 4. The average Bonchev–Trinajstić information content (AvgIpc) is 3.53. The number of hydrogen-bond donors (Lipinski definition) is 4. The maximum absolute atomic E-state index is 14.2. The Balaban J connectivity index is 1.44. The van der Waals surface area contributed by atoms with Gasteiger partial charge in [-0.3, -0.25) is 9.89 Å². The van der Waals surface area contributed by atoms with Gasteiger partial charge in [-0.25, -0.2) is 13.8 Å². The molecule has 0 saturated carbocycles. The summed E-state index contributed by atoms with van der Waals surface area (Å²) in [6.07, 6.45) is 1.27. The smallest absolute Gasteiger partial charge is 0.223 e. The monoisotopic (exact) mass is 555 g/mol. The number of H-pyrrole nitrogens is 1. The third-order valence-corrected chi connectivity index (χ3v) is 6.71. The number of aliphatic hydroxyl groups is 1. The van der Waals surface area contributed by atoms with Gasteiger partial charge in [-0.15, -0.1) is 0 Å². The molecule has 40 heavy (non-hydrogen) atoms. The number of methoxy groups -OCH3 is 1. The molecule has 212 valence electrons. The van der Waals surface area contributed by atoms with E-state index in [-0.39, 0.29) is 30.7 Å². The first kappa shape index (κ1) is 27.3. The standard InChI is InChI=1S/C27H31F2N7O4/c1-39-23-12-21-22(13-24(23)40-6-2-4-35-5-3-20(37)14-35)31-15-36(19-8-16(28)7-17(29)9-19)27(21)32-26-11-18(33-34-26)10-25(30)38/h7-9,11-13,20,31,37H,2-6,10,14-15H2,1H3,(H2,30,38)(H,33,34)/t20-/m0/s1. The number of halogens is 2. The molecule has 1 saturated heterocycles. The van der Waals surface area contributed by atoms with E-state index in [2.05, 4.69) is 25.4 Å². The number of carbonyl (C=O) groups excluding carboxylic acids is 1. The molecule has 13 heteroatoms. The molecule has 0 aliphatic carbocycles. The molecule has 2 aromatic carbocycles. The van der Waals surface area contributed by atoms with E-state index in [1.165, 1.54) is 19.2 Å². The number of primary amides is 1. The van der Waals surface area contributed by atoms with Crippen molar-refractivity contribution in [3.63, 3.8) is 0 Å². The van der Waals surface area contributed by atoms with Crippen LogP contribution in [-0.4, -0.2) is 78.1 Å². The summed E-state index contributed by atoms with van der Waals surface area (Å²) in [5, 5.41) is 19.9. The van der Waals surface area contributed by atoms with Crippen molar-refractivity contribution >= 4 is 28.9 Å². The largest absolute Gasteiger partial charge is 0.493 e. The van der Waals surface area contributed by atoms with Crippen LogP contribution >= 0.6 is 0 Å². The zero-order chi connectivity index (χ0) is 28.2. The normalized spacial score (nSPS) is 18.1. The van der Waals surface area contributed by atoms with Gasteiger partial charge in [0.1, 0.15) is 17.5 Å². The first-order chi connectivity index (χ1) is 19.3. The minimum absolute atomic E-state index is 0.0400. The lowest BCUT2D eigenvalue weighted by Gasteiger charge is -2.33. The van der Waals surface area contributed by atoms with Gasteiger partial charge in [0.05, 0.1) is 44.3 Å². The van der Waals surface area contributed by atoms with Gasteiger partial charge in [-0.05, 0) is 31.0 Å². The van der Waals surface area contributed by atoms with Crippen LogP contribution in [-0.2, 0) is 11.2 Å². The number of carbonyl (C=O) groups is 1. The molecule has 0 bridgehead atoms. The Bertz CT molecular complexity index is 1390. The third kappa shape index (κ3) is 6.32. The second kappa shape index (κ2) is 11.9. The van der Waals surface area contributed by atoms with Crippen LogP contribution in [0.4, 0.5) is 26.0 Å². The van der Waals surface area contributed by atoms with E-state index in [1.807, 2.05) is 0 Å². The molecule has 3 heterocycles. The molecule has 0 radical (unpaired) electrons. The number of anilines is 2. The molecule has 5 rings (SSSR count). The van der Waals surface area contributed by atoms with Crippen molar-refractivity contribution in [2.75, 3.05) is 50.2 Å². The number of ether oxygens (including phenoxy) is 2. The molecule has 1 fully saturated rings. The number of β-amino-alcohol motifs (C(OH)–C–C–N with tert-alkyl or cyclic N) is 1. The highest BCUT2D eigenvalue weighted by molar-refractivity contribution is 6.16. The maximum atomic E-state index is 14.2. The summed E-state index contributed by atoms with van der Waals surface area (Å²) in [7, 11) is 1.52. The number of aromatic nitrogens is 2. The molecule has 5 N–H and O–H groups in total. The Morgan fingerprint density at radius 3 is 2.70 bits per heavy atom. The van der Waals surface area contributed by atoms with Crippen LogP contribution < -0.4 is 25.4 Å². The number of nitrogens with one attached hydrogen (secondary N) is 2. The lowest BCUT2D eigenvalue weighted by atomic mass is 10.1. The van der Waals surface area contributed by atoms with Gasteiger partial charge in [-0.1, -0.05) is 0 Å². The van der Waals surface area contributed by atoms with Crippen LogP contribution in [0, 0.1) is 11.6 Å². The Morgan fingerprint density at radius 1 is 1.20 bits per heavy atom. The van der Waals surface area contributed by atoms with E-state index in [9.17, 15) is 18.7 Å². The highest BCUT2D eigenvalue weighted by Crippen LogP contribution is 2.38. The number of amides is 1. The van der Waals surface area contributed by atoms with E-state index < -0.39 is 17.5 Å². The molecule has 1 amide bonds. The average molecular weight is 556 g/mol. The second-order valence-corrected chi connectivity index (χ2v) is 9.71. The highest BCUT2D eigenvalue weighted by atomic mass is 19.1. The number of aromatic amines is 1. The van der Waals surface area contributed by atoms with Gasteiger partial charge in [0.25, 0.3) is 0 Å². The lowest BCUT2D eigenvalue weighted by Crippen LogP contribution is -2.40. The lowest BCUT2D eigenvalue weighted by molar-refractivity contribution is -0.117. The van der Waals surface area contributed by atoms with Crippen LogP contribution in [0.3, 0.4) is 0 Å². The van der Waals surface area contributed by atoms with Crippen molar-refractivity contribution in [3.8, 4) is 11.5 Å². The number of hydrogen-bond acceptors (Lipinski definition) is 8. The number of fused-ring (bicyclic) bond motifs is 1. The van der Waals surface area contributed by atoms with Gasteiger partial charge in [0.2, 0.25) is 5.91 Å². The molecule has 1 atom stereocenters. The van der Waals surface area contributed by atoms with Crippen molar-refractivity contribution in [1.82, 2.24) is 15.1 Å². The van der Waals surface area contributed by atoms with Crippen molar-refractivity contribution in [1.29, 1.82) is 0 Å². The van der Waals surface area contributed by atoms with Crippen LogP contribution in [0.15, 0.2) is 41.4 Å². The molecule has 2 aliphatic heterocycles.